The molecule has 0 saturated heterocycles. The molecule has 0 bridgehead atoms. The second-order valence-corrected chi connectivity index (χ2v) is 4.13. The van der Waals surface area contributed by atoms with Gasteiger partial charge in [0.05, 0.1) is 6.54 Å². The third kappa shape index (κ3) is 4.89. The molecule has 3 N–H and O–H groups in total. The average Bonchev–Trinajstić information content (AvgIpc) is 2.36. The van der Waals surface area contributed by atoms with Crippen LogP contribution in [0.3, 0.4) is 0 Å². The minimum Gasteiger partial charge on any atom is -0.480 e. The summed E-state index contributed by atoms with van der Waals surface area (Å²) in [5, 5.41) is 13.8. The molecule has 1 atom stereocenters. The number of amides is 1. The highest BCUT2D eigenvalue weighted by atomic mass is 16.4. The molecule has 6 heteroatoms. The molecular weight excluding hydrogens is 248 g/mol. The molecule has 1 aromatic carbocycles. The Kier molecular flexibility index (Phi) is 5.20. The smallest absolute Gasteiger partial charge is 0.320 e. The molecule has 1 amide bonds. The van der Waals surface area contributed by atoms with E-state index in [-0.39, 0.29) is 18.2 Å². The Morgan fingerprint density at radius 1 is 1.32 bits per heavy atom. The van der Waals surface area contributed by atoms with Crippen LogP contribution in [0.1, 0.15) is 24.2 Å². The van der Waals surface area contributed by atoms with Gasteiger partial charge in [0.2, 0.25) is 5.91 Å². The predicted molar refractivity (Wildman–Crippen MR) is 70.2 cm³/mol. The van der Waals surface area contributed by atoms with Gasteiger partial charge in [-0.05, 0) is 26.0 Å². The quantitative estimate of drug-likeness (QED) is 0.663. The first kappa shape index (κ1) is 14.8. The number of carbonyl (C=O) groups excluding carboxylic acids is 2. The van der Waals surface area contributed by atoms with Gasteiger partial charge in [0.25, 0.3) is 0 Å². The lowest BCUT2D eigenvalue weighted by atomic mass is 10.1. The lowest BCUT2D eigenvalue weighted by Crippen LogP contribution is -2.39. The fourth-order valence-electron chi connectivity index (χ4n) is 1.35. The average molecular weight is 264 g/mol. The molecule has 0 aliphatic heterocycles. The van der Waals surface area contributed by atoms with Crippen LogP contribution in [0, 0.1) is 0 Å². The zero-order chi connectivity index (χ0) is 14.4. The van der Waals surface area contributed by atoms with Crippen molar-refractivity contribution in [1.29, 1.82) is 0 Å². The molecule has 0 spiro atoms. The second-order valence-electron chi connectivity index (χ2n) is 4.13. The Hall–Kier alpha value is -2.21. The van der Waals surface area contributed by atoms with Crippen LogP contribution in [0.5, 0.6) is 0 Å². The Morgan fingerprint density at radius 3 is 2.58 bits per heavy atom. The first-order chi connectivity index (χ1) is 8.90. The van der Waals surface area contributed by atoms with Crippen molar-refractivity contribution in [3.8, 4) is 0 Å². The molecule has 102 valence electrons. The molecule has 0 aromatic heterocycles. The van der Waals surface area contributed by atoms with Gasteiger partial charge in [-0.3, -0.25) is 19.7 Å². The largest absolute Gasteiger partial charge is 0.480 e. The van der Waals surface area contributed by atoms with Crippen LogP contribution in [0.15, 0.2) is 24.3 Å². The number of hydrogen-bond acceptors (Lipinski definition) is 4. The molecule has 0 fully saturated rings. The van der Waals surface area contributed by atoms with E-state index >= 15 is 0 Å². The Morgan fingerprint density at radius 2 is 2.00 bits per heavy atom. The molecule has 19 heavy (non-hydrogen) atoms. The first-order valence-electron chi connectivity index (χ1n) is 5.77. The molecule has 0 heterocycles. The van der Waals surface area contributed by atoms with Gasteiger partial charge >= 0.3 is 5.97 Å². The van der Waals surface area contributed by atoms with Crippen molar-refractivity contribution in [2.75, 3.05) is 11.9 Å². The number of carbonyl (C=O) groups is 3. The zero-order valence-corrected chi connectivity index (χ0v) is 10.8. The zero-order valence-electron chi connectivity index (χ0n) is 10.8. The van der Waals surface area contributed by atoms with Crippen molar-refractivity contribution in [3.05, 3.63) is 29.8 Å². The van der Waals surface area contributed by atoms with Crippen molar-refractivity contribution < 1.29 is 19.5 Å². The van der Waals surface area contributed by atoms with E-state index in [0.29, 0.717) is 11.3 Å². The highest BCUT2D eigenvalue weighted by Gasteiger charge is 2.11. The van der Waals surface area contributed by atoms with E-state index in [1.807, 2.05) is 0 Å². The monoisotopic (exact) mass is 264 g/mol. The Bertz CT molecular complexity index is 499. The second kappa shape index (κ2) is 6.65. The maximum Gasteiger partial charge on any atom is 0.320 e. The molecule has 0 saturated carbocycles. The van der Waals surface area contributed by atoms with Crippen molar-refractivity contribution in [3.63, 3.8) is 0 Å². The number of aliphatic carboxylic acids is 1. The number of carboxylic acids is 1. The lowest BCUT2D eigenvalue weighted by molar-refractivity contribution is -0.139. The van der Waals surface area contributed by atoms with Crippen LogP contribution in [0.2, 0.25) is 0 Å². The van der Waals surface area contributed by atoms with Gasteiger partial charge in [-0.2, -0.15) is 0 Å². The normalized spacial score (nSPS) is 11.7. The molecule has 0 unspecified atom stereocenters. The van der Waals surface area contributed by atoms with Crippen LogP contribution < -0.4 is 10.6 Å². The molecule has 0 radical (unpaired) electrons. The Labute approximate surface area is 110 Å². The number of carboxylic acid groups (broad SMARTS) is 1. The van der Waals surface area contributed by atoms with E-state index < -0.39 is 12.0 Å². The molecule has 1 rings (SSSR count). The fraction of sp³-hybridized carbons (Fsp3) is 0.308. The first-order valence-corrected chi connectivity index (χ1v) is 5.77. The summed E-state index contributed by atoms with van der Waals surface area (Å²) in [5.74, 6) is -1.48. The van der Waals surface area contributed by atoms with Gasteiger partial charge in [-0.25, -0.2) is 0 Å². The van der Waals surface area contributed by atoms with E-state index in [1.54, 1.807) is 24.3 Å². The van der Waals surface area contributed by atoms with Crippen LogP contribution in [-0.2, 0) is 9.59 Å². The SMILES string of the molecule is CC(=O)c1cccc(NC(=O)CN[C@H](C)C(=O)O)c1. The van der Waals surface area contributed by atoms with Crippen molar-refractivity contribution >= 4 is 23.3 Å². The molecule has 0 aliphatic rings. The summed E-state index contributed by atoms with van der Waals surface area (Å²) in [7, 11) is 0. The van der Waals surface area contributed by atoms with Crippen molar-refractivity contribution in [2.24, 2.45) is 0 Å². The number of Topliss-reactive ketones (excluding diaryl/α,β-unsaturated/α-hetero) is 1. The summed E-state index contributed by atoms with van der Waals surface area (Å²) < 4.78 is 0. The van der Waals surface area contributed by atoms with Crippen LogP contribution in [-0.4, -0.2) is 35.4 Å². The fourth-order valence-corrected chi connectivity index (χ4v) is 1.35. The summed E-state index contributed by atoms with van der Waals surface area (Å²) in [6, 6.07) is 5.75. The molecule has 1 aromatic rings. The third-order valence-corrected chi connectivity index (χ3v) is 2.49. The summed E-state index contributed by atoms with van der Waals surface area (Å²) in [4.78, 5) is 33.3. The maximum atomic E-state index is 11.6. The minimum absolute atomic E-state index is 0.0891. The highest BCUT2D eigenvalue weighted by molar-refractivity contribution is 5.97. The summed E-state index contributed by atoms with van der Waals surface area (Å²) in [6.45, 7) is 2.78. The van der Waals surface area contributed by atoms with E-state index in [0.717, 1.165) is 0 Å². The van der Waals surface area contributed by atoms with Crippen LogP contribution >= 0.6 is 0 Å². The third-order valence-electron chi connectivity index (χ3n) is 2.49. The number of hydrogen-bond donors (Lipinski definition) is 3. The van der Waals surface area contributed by atoms with E-state index in [1.165, 1.54) is 13.8 Å². The Balaban J connectivity index is 2.55. The number of ketones is 1. The van der Waals surface area contributed by atoms with Crippen molar-refractivity contribution in [1.82, 2.24) is 5.32 Å². The number of benzene rings is 1. The van der Waals surface area contributed by atoms with Crippen molar-refractivity contribution in [2.45, 2.75) is 19.9 Å². The van der Waals surface area contributed by atoms with Gasteiger partial charge in [0.1, 0.15) is 6.04 Å². The predicted octanol–water partition coefficient (Wildman–Crippen LogP) is 0.890. The van der Waals surface area contributed by atoms with Gasteiger partial charge in [0.15, 0.2) is 5.78 Å². The summed E-state index contributed by atoms with van der Waals surface area (Å²) in [6.07, 6.45) is 0. The number of anilines is 1. The van der Waals surface area contributed by atoms with Gasteiger partial charge < -0.3 is 10.4 Å². The van der Waals surface area contributed by atoms with Gasteiger partial charge in [0, 0.05) is 11.3 Å². The van der Waals surface area contributed by atoms with E-state index in [4.69, 9.17) is 5.11 Å². The van der Waals surface area contributed by atoms with Gasteiger partial charge in [-0.15, -0.1) is 0 Å². The number of nitrogens with one attached hydrogen (secondary N) is 2. The van der Waals surface area contributed by atoms with E-state index in [9.17, 15) is 14.4 Å². The van der Waals surface area contributed by atoms with Gasteiger partial charge in [-0.1, -0.05) is 12.1 Å². The summed E-state index contributed by atoms with van der Waals surface area (Å²) in [5.41, 5.74) is 1.01. The molecule has 6 nitrogen and oxygen atoms in total. The standard InChI is InChI=1S/C13H16N2O4/c1-8(13(18)19)14-7-12(17)15-11-5-3-4-10(6-11)9(2)16/h3-6,8,14H,7H2,1-2H3,(H,15,17)(H,18,19)/t8-/m1/s1. The van der Waals surface area contributed by atoms with Crippen LogP contribution in [0.4, 0.5) is 5.69 Å². The van der Waals surface area contributed by atoms with Crippen LogP contribution in [0.25, 0.3) is 0 Å². The highest BCUT2D eigenvalue weighted by Crippen LogP contribution is 2.10. The molecule has 0 aliphatic carbocycles. The summed E-state index contributed by atoms with van der Waals surface area (Å²) >= 11 is 0. The number of rotatable bonds is 6. The van der Waals surface area contributed by atoms with E-state index in [2.05, 4.69) is 10.6 Å². The topological polar surface area (TPSA) is 95.5 Å². The minimum atomic E-state index is -1.02. The maximum absolute atomic E-state index is 11.6. The molecular formula is C13H16N2O4. The lowest BCUT2D eigenvalue weighted by Gasteiger charge is -2.10.